The van der Waals surface area contributed by atoms with E-state index in [1.165, 1.54) is 12.1 Å². The van der Waals surface area contributed by atoms with Crippen LogP contribution >= 0.6 is 0 Å². The van der Waals surface area contributed by atoms with E-state index in [1.54, 1.807) is 0 Å². The van der Waals surface area contributed by atoms with Gasteiger partial charge in [0.05, 0.1) is 11.9 Å². The minimum absolute atomic E-state index is 0.291. The van der Waals surface area contributed by atoms with E-state index in [1.807, 2.05) is 10.9 Å². The quantitative estimate of drug-likeness (QED) is 0.811. The van der Waals surface area contributed by atoms with Crippen molar-refractivity contribution in [2.75, 3.05) is 6.54 Å². The van der Waals surface area contributed by atoms with Gasteiger partial charge in [-0.15, -0.1) is 5.10 Å². The summed E-state index contributed by atoms with van der Waals surface area (Å²) in [5.41, 5.74) is 1.53. The highest BCUT2D eigenvalue weighted by atomic mass is 15.4. The molecule has 1 rings (SSSR count). The second-order valence-corrected chi connectivity index (χ2v) is 5.95. The van der Waals surface area contributed by atoms with Crippen LogP contribution in [0.5, 0.6) is 0 Å². The van der Waals surface area contributed by atoms with Crippen molar-refractivity contribution in [3.8, 4) is 0 Å². The maximum Gasteiger partial charge on any atom is 0.0725 e. The lowest BCUT2D eigenvalue weighted by Gasteiger charge is -2.31. The van der Waals surface area contributed by atoms with Crippen molar-refractivity contribution < 1.29 is 0 Å². The highest BCUT2D eigenvalue weighted by Crippen LogP contribution is 2.23. The fraction of sp³-hybridized carbons (Fsp3) is 0.857. The van der Waals surface area contributed by atoms with Gasteiger partial charge in [-0.25, -0.2) is 4.68 Å². The first-order valence-corrected chi connectivity index (χ1v) is 7.09. The van der Waals surface area contributed by atoms with Crippen LogP contribution in [0.25, 0.3) is 0 Å². The summed E-state index contributed by atoms with van der Waals surface area (Å²) in [5, 5.41) is 11.7. The van der Waals surface area contributed by atoms with Gasteiger partial charge >= 0.3 is 0 Å². The van der Waals surface area contributed by atoms with Gasteiger partial charge in [0.25, 0.3) is 0 Å². The molecular weight excluding hydrogens is 224 g/mol. The molecule has 1 unspecified atom stereocenters. The predicted octanol–water partition coefficient (Wildman–Crippen LogP) is 2.64. The van der Waals surface area contributed by atoms with E-state index >= 15 is 0 Å². The fourth-order valence-electron chi connectivity index (χ4n) is 2.19. The minimum atomic E-state index is 0.291. The Labute approximate surface area is 111 Å². The van der Waals surface area contributed by atoms with Crippen LogP contribution in [0.15, 0.2) is 6.20 Å². The first kappa shape index (κ1) is 15.2. The van der Waals surface area contributed by atoms with Crippen LogP contribution in [0.1, 0.15) is 53.2 Å². The SMILES string of the molecule is CCCNC(CCc1cnnn1CC)C(C)(C)C. The second kappa shape index (κ2) is 6.88. The van der Waals surface area contributed by atoms with Gasteiger partial charge in [-0.05, 0) is 38.1 Å². The van der Waals surface area contributed by atoms with E-state index in [9.17, 15) is 0 Å². The highest BCUT2D eigenvalue weighted by Gasteiger charge is 2.23. The number of aryl methyl sites for hydroxylation is 2. The van der Waals surface area contributed by atoms with Gasteiger partial charge in [-0.1, -0.05) is 32.9 Å². The topological polar surface area (TPSA) is 42.7 Å². The molecule has 0 saturated carbocycles. The molecule has 1 heterocycles. The first-order chi connectivity index (χ1) is 8.49. The maximum absolute atomic E-state index is 4.08. The number of hydrogen-bond donors (Lipinski definition) is 1. The summed E-state index contributed by atoms with van der Waals surface area (Å²) in [4.78, 5) is 0. The highest BCUT2D eigenvalue weighted by molar-refractivity contribution is 4.96. The van der Waals surface area contributed by atoms with Crippen LogP contribution in [0.3, 0.4) is 0 Å². The Hall–Kier alpha value is -0.900. The van der Waals surface area contributed by atoms with Crippen LogP contribution in [-0.4, -0.2) is 27.6 Å². The Morgan fingerprint density at radius 1 is 1.33 bits per heavy atom. The summed E-state index contributed by atoms with van der Waals surface area (Å²) in [7, 11) is 0. The Kier molecular flexibility index (Phi) is 5.79. The molecule has 1 aromatic heterocycles. The third-order valence-corrected chi connectivity index (χ3v) is 3.37. The Morgan fingerprint density at radius 2 is 2.06 bits per heavy atom. The van der Waals surface area contributed by atoms with Crippen molar-refractivity contribution in [2.24, 2.45) is 5.41 Å². The molecular formula is C14H28N4. The van der Waals surface area contributed by atoms with Gasteiger partial charge in [0.1, 0.15) is 0 Å². The van der Waals surface area contributed by atoms with E-state index in [-0.39, 0.29) is 0 Å². The van der Waals surface area contributed by atoms with Gasteiger partial charge in [-0.2, -0.15) is 0 Å². The van der Waals surface area contributed by atoms with Gasteiger partial charge in [-0.3, -0.25) is 0 Å². The van der Waals surface area contributed by atoms with Crippen LogP contribution in [-0.2, 0) is 13.0 Å². The number of aromatic nitrogens is 3. The predicted molar refractivity (Wildman–Crippen MR) is 75.6 cm³/mol. The third kappa shape index (κ3) is 4.41. The van der Waals surface area contributed by atoms with E-state index in [4.69, 9.17) is 0 Å². The molecule has 104 valence electrons. The molecule has 1 N–H and O–H groups in total. The number of nitrogens with zero attached hydrogens (tertiary/aromatic N) is 3. The van der Waals surface area contributed by atoms with E-state index in [0.29, 0.717) is 11.5 Å². The summed E-state index contributed by atoms with van der Waals surface area (Å²) < 4.78 is 1.99. The number of hydrogen-bond acceptors (Lipinski definition) is 3. The smallest absolute Gasteiger partial charge is 0.0725 e. The zero-order valence-corrected chi connectivity index (χ0v) is 12.5. The molecule has 4 heteroatoms. The largest absolute Gasteiger partial charge is 0.313 e. The zero-order chi connectivity index (χ0) is 13.6. The van der Waals surface area contributed by atoms with Crippen LogP contribution in [0.4, 0.5) is 0 Å². The van der Waals surface area contributed by atoms with Gasteiger partial charge < -0.3 is 5.32 Å². The molecule has 18 heavy (non-hydrogen) atoms. The van der Waals surface area contributed by atoms with Crippen molar-refractivity contribution in [1.82, 2.24) is 20.3 Å². The zero-order valence-electron chi connectivity index (χ0n) is 12.5. The molecule has 0 saturated heterocycles. The molecule has 1 aromatic rings. The molecule has 0 radical (unpaired) electrons. The average molecular weight is 252 g/mol. The normalized spacial score (nSPS) is 13.8. The van der Waals surface area contributed by atoms with Crippen molar-refractivity contribution in [3.05, 3.63) is 11.9 Å². The molecule has 1 atom stereocenters. The summed E-state index contributed by atoms with van der Waals surface area (Å²) in [5.74, 6) is 0. The molecule has 0 spiro atoms. The lowest BCUT2D eigenvalue weighted by molar-refractivity contribution is 0.254. The average Bonchev–Trinajstić information content (AvgIpc) is 2.74. The fourth-order valence-corrected chi connectivity index (χ4v) is 2.19. The summed E-state index contributed by atoms with van der Waals surface area (Å²) >= 11 is 0. The number of nitrogens with one attached hydrogen (secondary N) is 1. The van der Waals surface area contributed by atoms with E-state index < -0.39 is 0 Å². The minimum Gasteiger partial charge on any atom is -0.313 e. The van der Waals surface area contributed by atoms with Crippen LogP contribution in [0.2, 0.25) is 0 Å². The van der Waals surface area contributed by atoms with Crippen molar-refractivity contribution in [3.63, 3.8) is 0 Å². The lowest BCUT2D eigenvalue weighted by Crippen LogP contribution is -2.41. The molecule has 0 amide bonds. The van der Waals surface area contributed by atoms with E-state index in [0.717, 1.165) is 25.9 Å². The molecule has 0 aliphatic rings. The van der Waals surface area contributed by atoms with Gasteiger partial charge in [0.15, 0.2) is 0 Å². The molecule has 0 aromatic carbocycles. The lowest BCUT2D eigenvalue weighted by atomic mass is 9.83. The first-order valence-electron chi connectivity index (χ1n) is 7.09. The monoisotopic (exact) mass is 252 g/mol. The standard InChI is InChI=1S/C14H28N4/c1-6-10-15-13(14(3,4)5)9-8-12-11-16-17-18(12)7-2/h11,13,15H,6-10H2,1-5H3. The number of rotatable bonds is 7. The third-order valence-electron chi connectivity index (χ3n) is 3.37. The van der Waals surface area contributed by atoms with Crippen molar-refractivity contribution in [2.45, 2.75) is 66.5 Å². The van der Waals surface area contributed by atoms with Crippen molar-refractivity contribution >= 4 is 0 Å². The maximum atomic E-state index is 4.08. The Bertz CT molecular complexity index is 338. The molecule has 0 fully saturated rings. The summed E-state index contributed by atoms with van der Waals surface area (Å²) in [6.45, 7) is 13.2. The van der Waals surface area contributed by atoms with Gasteiger partial charge in [0.2, 0.25) is 0 Å². The molecule has 4 nitrogen and oxygen atoms in total. The van der Waals surface area contributed by atoms with Gasteiger partial charge in [0, 0.05) is 12.6 Å². The summed E-state index contributed by atoms with van der Waals surface area (Å²) in [6, 6.07) is 0.539. The summed E-state index contributed by atoms with van der Waals surface area (Å²) in [6.07, 6.45) is 5.25. The van der Waals surface area contributed by atoms with Crippen LogP contribution < -0.4 is 5.32 Å². The van der Waals surface area contributed by atoms with Crippen molar-refractivity contribution in [1.29, 1.82) is 0 Å². The Morgan fingerprint density at radius 3 is 2.61 bits per heavy atom. The van der Waals surface area contributed by atoms with Crippen LogP contribution in [0, 0.1) is 5.41 Å². The second-order valence-electron chi connectivity index (χ2n) is 5.95. The Balaban J connectivity index is 2.56. The van der Waals surface area contributed by atoms with E-state index in [2.05, 4.69) is 50.2 Å². The molecule has 0 aliphatic heterocycles. The molecule has 0 aliphatic carbocycles. The molecule has 0 bridgehead atoms.